The Labute approximate surface area is 194 Å². The number of benzene rings is 1. The zero-order chi connectivity index (χ0) is 22.5. The van der Waals surface area contributed by atoms with Crippen LogP contribution in [0.15, 0.2) is 29.2 Å². The first-order valence-corrected chi connectivity index (χ1v) is 13.3. The number of aryl methyl sites for hydroxylation is 1. The highest BCUT2D eigenvalue weighted by atomic mass is 32.2. The molecule has 2 rings (SSSR count). The maximum atomic E-state index is 6.63. The molecule has 0 unspecified atom stereocenters. The number of hydrogen-bond acceptors (Lipinski definition) is 5. The monoisotopic (exact) mass is 452 g/mol. The predicted molar refractivity (Wildman–Crippen MR) is 130 cm³/mol. The summed E-state index contributed by atoms with van der Waals surface area (Å²) in [4.78, 5) is 1.20. The summed E-state index contributed by atoms with van der Waals surface area (Å²) in [6, 6.07) is 8.65. The number of rotatable bonds is 15. The first-order chi connectivity index (χ1) is 15.1. The molecule has 5 heteroatoms. The van der Waals surface area contributed by atoms with Crippen LogP contribution in [0.4, 0.5) is 0 Å². The van der Waals surface area contributed by atoms with Crippen LogP contribution >= 0.6 is 11.8 Å². The van der Waals surface area contributed by atoms with Gasteiger partial charge in [0, 0.05) is 24.7 Å². The molecule has 0 bridgehead atoms. The summed E-state index contributed by atoms with van der Waals surface area (Å²) in [5.41, 5.74) is 1.16. The molecule has 0 amide bonds. The highest BCUT2D eigenvalue weighted by Crippen LogP contribution is 2.38. The van der Waals surface area contributed by atoms with E-state index in [0.717, 1.165) is 64.8 Å². The molecule has 1 aliphatic rings. The standard InChI is InChI=1S/C26H44O4S/c1-6-10-17-27-23-22(9-4)30-26(31-21-15-13-20(5)14-16-21)25(29-19-12-8-3)24(23)28-18-11-7-2/h13-16,22-26H,6-12,17-19H2,1-5H3/t22-,23-,24+,25-,26+/m1/s1. The highest BCUT2D eigenvalue weighted by molar-refractivity contribution is 7.99. The van der Waals surface area contributed by atoms with E-state index in [-0.39, 0.29) is 29.9 Å². The first-order valence-electron chi connectivity index (χ1n) is 12.4. The minimum absolute atomic E-state index is 0.0115. The summed E-state index contributed by atoms with van der Waals surface area (Å²) >= 11 is 1.75. The van der Waals surface area contributed by atoms with Gasteiger partial charge < -0.3 is 18.9 Å². The van der Waals surface area contributed by atoms with E-state index < -0.39 is 0 Å². The van der Waals surface area contributed by atoms with Gasteiger partial charge in [-0.25, -0.2) is 0 Å². The molecule has 0 aromatic heterocycles. The Kier molecular flexibility index (Phi) is 13.1. The molecule has 1 aromatic rings. The first kappa shape index (κ1) is 26.7. The topological polar surface area (TPSA) is 36.9 Å². The van der Waals surface area contributed by atoms with Crippen LogP contribution < -0.4 is 0 Å². The van der Waals surface area contributed by atoms with E-state index in [1.54, 1.807) is 11.8 Å². The molecular weight excluding hydrogens is 408 g/mol. The molecule has 1 fully saturated rings. The van der Waals surface area contributed by atoms with Crippen molar-refractivity contribution in [1.29, 1.82) is 0 Å². The summed E-state index contributed by atoms with van der Waals surface area (Å²) in [5.74, 6) is 0. The van der Waals surface area contributed by atoms with Gasteiger partial charge in [-0.3, -0.25) is 0 Å². The van der Waals surface area contributed by atoms with E-state index in [0.29, 0.717) is 0 Å². The van der Waals surface area contributed by atoms with Crippen LogP contribution in [0.25, 0.3) is 0 Å². The molecule has 1 aromatic carbocycles. The molecule has 0 aliphatic carbocycles. The lowest BCUT2D eigenvalue weighted by Gasteiger charge is -2.46. The second kappa shape index (κ2) is 15.3. The normalized spacial score (nSPS) is 26.3. The zero-order valence-corrected chi connectivity index (χ0v) is 21.1. The van der Waals surface area contributed by atoms with Gasteiger partial charge in [-0.15, -0.1) is 0 Å². The van der Waals surface area contributed by atoms with Crippen molar-refractivity contribution in [2.24, 2.45) is 0 Å². The van der Waals surface area contributed by atoms with Gasteiger partial charge in [0.05, 0.1) is 6.10 Å². The van der Waals surface area contributed by atoms with Crippen molar-refractivity contribution in [3.8, 4) is 0 Å². The van der Waals surface area contributed by atoms with Gasteiger partial charge in [0.25, 0.3) is 0 Å². The smallest absolute Gasteiger partial charge is 0.136 e. The van der Waals surface area contributed by atoms with E-state index in [4.69, 9.17) is 18.9 Å². The van der Waals surface area contributed by atoms with Crippen LogP contribution in [0.3, 0.4) is 0 Å². The van der Waals surface area contributed by atoms with Gasteiger partial charge in [-0.05, 0) is 44.7 Å². The Hall–Kier alpha value is -0.590. The van der Waals surface area contributed by atoms with Crippen molar-refractivity contribution in [1.82, 2.24) is 0 Å². The van der Waals surface area contributed by atoms with Crippen LogP contribution in [0, 0.1) is 6.92 Å². The Morgan fingerprint density at radius 3 is 1.77 bits per heavy atom. The summed E-state index contributed by atoms with van der Waals surface area (Å²) in [7, 11) is 0. The summed E-state index contributed by atoms with van der Waals surface area (Å²) in [6.45, 7) is 13.1. The average Bonchev–Trinajstić information content (AvgIpc) is 2.78. The number of ether oxygens (including phenoxy) is 4. The Morgan fingerprint density at radius 1 is 0.742 bits per heavy atom. The SMILES string of the molecule is CCCCO[C@@H]1[C@@H](OCCCC)[C@H](Sc2ccc(C)cc2)O[C@H](CC)[C@H]1OCCCC. The number of unbranched alkanes of at least 4 members (excludes halogenated alkanes) is 3. The van der Waals surface area contributed by atoms with Crippen LogP contribution in [0.5, 0.6) is 0 Å². The number of thioether (sulfide) groups is 1. The molecule has 1 aliphatic heterocycles. The van der Waals surface area contributed by atoms with E-state index in [9.17, 15) is 0 Å². The molecule has 31 heavy (non-hydrogen) atoms. The average molecular weight is 453 g/mol. The fourth-order valence-electron chi connectivity index (χ4n) is 3.71. The van der Waals surface area contributed by atoms with Gasteiger partial charge in [0.1, 0.15) is 23.7 Å². The van der Waals surface area contributed by atoms with Gasteiger partial charge in [-0.2, -0.15) is 0 Å². The molecule has 0 spiro atoms. The quantitative estimate of drug-likeness (QED) is 0.274. The maximum absolute atomic E-state index is 6.63. The van der Waals surface area contributed by atoms with Crippen molar-refractivity contribution in [3.63, 3.8) is 0 Å². The number of hydrogen-bond donors (Lipinski definition) is 0. The molecule has 5 atom stereocenters. The lowest BCUT2D eigenvalue weighted by molar-refractivity contribution is -0.239. The lowest BCUT2D eigenvalue weighted by atomic mass is 9.97. The minimum Gasteiger partial charge on any atom is -0.373 e. The third-order valence-corrected chi connectivity index (χ3v) is 6.85. The van der Waals surface area contributed by atoms with Crippen LogP contribution in [0.2, 0.25) is 0 Å². The fraction of sp³-hybridized carbons (Fsp3) is 0.769. The van der Waals surface area contributed by atoms with Crippen molar-refractivity contribution in [2.75, 3.05) is 19.8 Å². The largest absolute Gasteiger partial charge is 0.373 e. The highest BCUT2D eigenvalue weighted by Gasteiger charge is 2.47. The summed E-state index contributed by atoms with van der Waals surface area (Å²) < 4.78 is 25.9. The van der Waals surface area contributed by atoms with Gasteiger partial charge in [0.2, 0.25) is 0 Å². The van der Waals surface area contributed by atoms with E-state index in [2.05, 4.69) is 58.9 Å². The van der Waals surface area contributed by atoms with Crippen LogP contribution in [-0.2, 0) is 18.9 Å². The van der Waals surface area contributed by atoms with Crippen molar-refractivity contribution >= 4 is 11.8 Å². The lowest BCUT2D eigenvalue weighted by Crippen LogP contribution is -2.59. The molecule has 4 nitrogen and oxygen atoms in total. The molecule has 0 N–H and O–H groups in total. The molecule has 0 radical (unpaired) electrons. The van der Waals surface area contributed by atoms with Gasteiger partial charge in [0.15, 0.2) is 0 Å². The Bertz CT molecular complexity index is 579. The van der Waals surface area contributed by atoms with E-state index in [1.807, 2.05) is 0 Å². The molecule has 1 heterocycles. The Morgan fingerprint density at radius 2 is 1.26 bits per heavy atom. The maximum Gasteiger partial charge on any atom is 0.136 e. The van der Waals surface area contributed by atoms with Gasteiger partial charge in [-0.1, -0.05) is 76.4 Å². The van der Waals surface area contributed by atoms with Crippen molar-refractivity contribution < 1.29 is 18.9 Å². The molecular formula is C26H44O4S. The predicted octanol–water partition coefficient (Wildman–Crippen LogP) is 6.78. The zero-order valence-electron chi connectivity index (χ0n) is 20.3. The van der Waals surface area contributed by atoms with Crippen molar-refractivity contribution in [2.45, 2.75) is 114 Å². The summed E-state index contributed by atoms with van der Waals surface area (Å²) in [6.07, 6.45) is 7.05. The minimum atomic E-state index is -0.149. The van der Waals surface area contributed by atoms with Crippen LogP contribution in [0.1, 0.15) is 78.2 Å². The second-order valence-electron chi connectivity index (χ2n) is 8.45. The fourth-order valence-corrected chi connectivity index (χ4v) is 4.84. The molecule has 178 valence electrons. The molecule has 0 saturated carbocycles. The Balaban J connectivity index is 2.25. The second-order valence-corrected chi connectivity index (χ2v) is 9.62. The van der Waals surface area contributed by atoms with Gasteiger partial charge >= 0.3 is 0 Å². The van der Waals surface area contributed by atoms with Crippen molar-refractivity contribution in [3.05, 3.63) is 29.8 Å². The third-order valence-electron chi connectivity index (χ3n) is 5.69. The van der Waals surface area contributed by atoms with E-state index >= 15 is 0 Å². The van der Waals surface area contributed by atoms with Crippen LogP contribution in [-0.4, -0.2) is 49.7 Å². The van der Waals surface area contributed by atoms with E-state index in [1.165, 1.54) is 10.5 Å². The molecule has 1 saturated heterocycles. The third kappa shape index (κ3) is 8.70. The summed E-state index contributed by atoms with van der Waals surface area (Å²) in [5, 5.41) is 0.